The highest BCUT2D eigenvalue weighted by atomic mass is 16.5. The average Bonchev–Trinajstić information content (AvgIpc) is 2.44. The number of ether oxygens (including phenoxy) is 1. The number of carboxylic acid groups (broad SMARTS) is 1. The molecule has 1 atom stereocenters. The van der Waals surface area contributed by atoms with Gasteiger partial charge in [-0.05, 0) is 6.42 Å². The summed E-state index contributed by atoms with van der Waals surface area (Å²) < 4.78 is 6.80. The van der Waals surface area contributed by atoms with Crippen LogP contribution in [-0.4, -0.2) is 33.3 Å². The van der Waals surface area contributed by atoms with E-state index >= 15 is 0 Å². The minimum absolute atomic E-state index is 0.160. The number of hydrogen-bond acceptors (Lipinski definition) is 3. The minimum Gasteiger partial charge on any atom is -0.477 e. The molecule has 70 valence electrons. The first kappa shape index (κ1) is 8.25. The third-order valence-electron chi connectivity index (χ3n) is 2.13. The maximum atomic E-state index is 10.7. The third kappa shape index (κ3) is 1.55. The van der Waals surface area contributed by atoms with Gasteiger partial charge in [-0.25, -0.2) is 9.78 Å². The summed E-state index contributed by atoms with van der Waals surface area (Å²) in [5.74, 6) is -0.947. The summed E-state index contributed by atoms with van der Waals surface area (Å²) in [5.41, 5.74) is 0.218. The number of hydrogen-bond donors (Lipinski definition) is 1. The van der Waals surface area contributed by atoms with Crippen LogP contribution < -0.4 is 0 Å². The van der Waals surface area contributed by atoms with Crippen molar-refractivity contribution >= 4 is 5.97 Å². The van der Waals surface area contributed by atoms with Crippen molar-refractivity contribution in [2.75, 3.05) is 6.61 Å². The van der Waals surface area contributed by atoms with E-state index in [1.165, 1.54) is 12.5 Å². The second-order valence-electron chi connectivity index (χ2n) is 3.02. The van der Waals surface area contributed by atoms with Gasteiger partial charge >= 0.3 is 5.97 Å². The van der Waals surface area contributed by atoms with Crippen LogP contribution >= 0.6 is 0 Å². The summed E-state index contributed by atoms with van der Waals surface area (Å²) in [7, 11) is 0. The summed E-state index contributed by atoms with van der Waals surface area (Å²) in [6.45, 7) is 1.36. The van der Waals surface area contributed by atoms with E-state index in [1.54, 1.807) is 4.57 Å². The van der Waals surface area contributed by atoms with Crippen LogP contribution in [0.2, 0.25) is 0 Å². The van der Waals surface area contributed by atoms with Crippen LogP contribution in [0.5, 0.6) is 0 Å². The van der Waals surface area contributed by atoms with Crippen LogP contribution in [0.15, 0.2) is 12.5 Å². The van der Waals surface area contributed by atoms with Gasteiger partial charge in [-0.1, -0.05) is 0 Å². The summed E-state index contributed by atoms with van der Waals surface area (Å²) >= 11 is 0. The van der Waals surface area contributed by atoms with Crippen LogP contribution in [0.3, 0.4) is 0 Å². The van der Waals surface area contributed by atoms with Crippen LogP contribution in [0.4, 0.5) is 0 Å². The zero-order valence-corrected chi connectivity index (χ0v) is 7.01. The quantitative estimate of drug-likeness (QED) is 0.733. The number of rotatable bonds is 3. The Morgan fingerprint density at radius 2 is 2.62 bits per heavy atom. The Hall–Kier alpha value is -1.36. The lowest BCUT2D eigenvalue weighted by atomic mass is 10.2. The van der Waals surface area contributed by atoms with Gasteiger partial charge in [-0.15, -0.1) is 0 Å². The van der Waals surface area contributed by atoms with E-state index in [2.05, 4.69) is 4.98 Å². The van der Waals surface area contributed by atoms with E-state index in [4.69, 9.17) is 9.84 Å². The molecule has 0 radical (unpaired) electrons. The number of imidazole rings is 1. The first-order valence-corrected chi connectivity index (χ1v) is 4.12. The van der Waals surface area contributed by atoms with Crippen molar-refractivity contribution in [3.8, 4) is 0 Å². The van der Waals surface area contributed by atoms with Gasteiger partial charge in [0.2, 0.25) is 0 Å². The Morgan fingerprint density at radius 3 is 3.15 bits per heavy atom. The SMILES string of the molecule is O=C(O)c1cncn1CC1CCO1. The molecule has 1 fully saturated rings. The molecule has 2 heterocycles. The number of carbonyl (C=O) groups is 1. The van der Waals surface area contributed by atoms with Crippen molar-refractivity contribution in [3.05, 3.63) is 18.2 Å². The lowest BCUT2D eigenvalue weighted by molar-refractivity contribution is -0.0595. The van der Waals surface area contributed by atoms with Crippen LogP contribution in [0.25, 0.3) is 0 Å². The fourth-order valence-corrected chi connectivity index (χ4v) is 1.29. The molecular formula is C8H10N2O3. The van der Waals surface area contributed by atoms with Crippen LogP contribution in [0.1, 0.15) is 16.9 Å². The predicted octanol–water partition coefficient (Wildman–Crippen LogP) is 0.370. The highest BCUT2D eigenvalue weighted by Crippen LogP contribution is 2.14. The summed E-state index contributed by atoms with van der Waals surface area (Å²) in [5, 5.41) is 8.76. The van der Waals surface area contributed by atoms with E-state index in [9.17, 15) is 4.79 Å². The summed E-state index contributed by atoms with van der Waals surface area (Å²) in [4.78, 5) is 14.5. The largest absolute Gasteiger partial charge is 0.477 e. The molecule has 0 bridgehead atoms. The zero-order valence-electron chi connectivity index (χ0n) is 7.01. The molecule has 0 amide bonds. The molecule has 1 N–H and O–H groups in total. The van der Waals surface area contributed by atoms with Crippen molar-refractivity contribution in [1.82, 2.24) is 9.55 Å². The molecule has 1 unspecified atom stereocenters. The lowest BCUT2D eigenvalue weighted by Crippen LogP contribution is -2.31. The van der Waals surface area contributed by atoms with Gasteiger partial charge in [0.15, 0.2) is 0 Å². The molecule has 1 aliphatic heterocycles. The fourth-order valence-electron chi connectivity index (χ4n) is 1.29. The molecule has 1 aromatic heterocycles. The number of aromatic nitrogens is 2. The molecule has 0 aromatic carbocycles. The molecule has 0 aliphatic carbocycles. The van der Waals surface area contributed by atoms with Crippen molar-refractivity contribution in [3.63, 3.8) is 0 Å². The molecule has 5 heteroatoms. The first-order valence-electron chi connectivity index (χ1n) is 4.12. The molecule has 2 rings (SSSR count). The Kier molecular flexibility index (Phi) is 2.02. The highest BCUT2D eigenvalue weighted by Gasteiger charge is 2.20. The fraction of sp³-hybridized carbons (Fsp3) is 0.500. The van der Waals surface area contributed by atoms with Gasteiger partial charge in [0.05, 0.1) is 25.2 Å². The van der Waals surface area contributed by atoms with Crippen molar-refractivity contribution in [2.45, 2.75) is 19.1 Å². The zero-order chi connectivity index (χ0) is 9.26. The monoisotopic (exact) mass is 182 g/mol. The second kappa shape index (κ2) is 3.18. The molecular weight excluding hydrogens is 172 g/mol. The van der Waals surface area contributed by atoms with Gasteiger partial charge in [-0.3, -0.25) is 0 Å². The molecule has 13 heavy (non-hydrogen) atoms. The minimum atomic E-state index is -0.947. The van der Waals surface area contributed by atoms with Gasteiger partial charge in [-0.2, -0.15) is 0 Å². The summed E-state index contributed by atoms with van der Waals surface area (Å²) in [6.07, 6.45) is 4.02. The smallest absolute Gasteiger partial charge is 0.354 e. The van der Waals surface area contributed by atoms with Crippen molar-refractivity contribution < 1.29 is 14.6 Å². The van der Waals surface area contributed by atoms with Gasteiger partial charge < -0.3 is 14.4 Å². The second-order valence-corrected chi connectivity index (χ2v) is 3.02. The average molecular weight is 182 g/mol. The van der Waals surface area contributed by atoms with Gasteiger partial charge in [0.25, 0.3) is 0 Å². The third-order valence-corrected chi connectivity index (χ3v) is 2.13. The van der Waals surface area contributed by atoms with E-state index < -0.39 is 5.97 Å². The van der Waals surface area contributed by atoms with Gasteiger partial charge in [0.1, 0.15) is 5.69 Å². The predicted molar refractivity (Wildman–Crippen MR) is 43.5 cm³/mol. The highest BCUT2D eigenvalue weighted by molar-refractivity contribution is 5.85. The Balaban J connectivity index is 2.09. The molecule has 5 nitrogen and oxygen atoms in total. The van der Waals surface area contributed by atoms with E-state index in [0.29, 0.717) is 6.54 Å². The van der Waals surface area contributed by atoms with Crippen molar-refractivity contribution in [2.24, 2.45) is 0 Å². The Labute approximate surface area is 75.0 Å². The van der Waals surface area contributed by atoms with E-state index in [0.717, 1.165) is 13.0 Å². The molecule has 0 spiro atoms. The molecule has 1 aliphatic rings. The van der Waals surface area contributed by atoms with E-state index in [-0.39, 0.29) is 11.8 Å². The Bertz CT molecular complexity index is 317. The maximum Gasteiger partial charge on any atom is 0.354 e. The van der Waals surface area contributed by atoms with Crippen molar-refractivity contribution in [1.29, 1.82) is 0 Å². The molecule has 0 saturated carbocycles. The van der Waals surface area contributed by atoms with Crippen LogP contribution in [-0.2, 0) is 11.3 Å². The summed E-state index contributed by atoms with van der Waals surface area (Å²) in [6, 6.07) is 0. The van der Waals surface area contributed by atoms with Crippen LogP contribution in [0, 0.1) is 0 Å². The maximum absolute atomic E-state index is 10.7. The topological polar surface area (TPSA) is 64.3 Å². The van der Waals surface area contributed by atoms with E-state index in [1.807, 2.05) is 0 Å². The molecule has 1 aromatic rings. The number of aromatic carboxylic acids is 1. The first-order chi connectivity index (χ1) is 6.27. The number of nitrogens with zero attached hydrogens (tertiary/aromatic N) is 2. The molecule has 1 saturated heterocycles. The lowest BCUT2D eigenvalue weighted by Gasteiger charge is -2.26. The normalized spacial score (nSPS) is 21.1. The van der Waals surface area contributed by atoms with Gasteiger partial charge in [0, 0.05) is 6.61 Å². The Morgan fingerprint density at radius 1 is 1.85 bits per heavy atom. The standard InChI is InChI=1S/C8H10N2O3/c11-8(12)7-3-9-5-10(7)4-6-1-2-13-6/h3,5-6H,1-2,4H2,(H,11,12). The number of carboxylic acids is 1.